The molecule has 0 spiro atoms. The van der Waals surface area contributed by atoms with Crippen molar-refractivity contribution in [2.24, 2.45) is 35.0 Å². The SMILES string of the molecule is C[C@@]12CCC[C@H]1[C@@H]1CCC3CC(=O)C(=O)C[C@@H]3[C@H]1CC2. The Kier molecular flexibility index (Phi) is 2.88. The first-order valence-corrected chi connectivity index (χ1v) is 8.64. The van der Waals surface area contributed by atoms with Gasteiger partial charge in [0.05, 0.1) is 0 Å². The summed E-state index contributed by atoms with van der Waals surface area (Å²) in [6, 6.07) is 0. The molecular formula is C18H26O2. The molecule has 4 saturated carbocycles. The Morgan fingerprint density at radius 2 is 1.65 bits per heavy atom. The first kappa shape index (κ1) is 13.0. The van der Waals surface area contributed by atoms with Crippen LogP contribution in [0.4, 0.5) is 0 Å². The fraction of sp³-hybridized carbons (Fsp3) is 0.889. The van der Waals surface area contributed by atoms with Gasteiger partial charge in [0, 0.05) is 12.8 Å². The van der Waals surface area contributed by atoms with E-state index in [1.807, 2.05) is 0 Å². The molecule has 0 bridgehead atoms. The summed E-state index contributed by atoms with van der Waals surface area (Å²) in [5.74, 6) is 3.46. The Labute approximate surface area is 121 Å². The minimum absolute atomic E-state index is 0.0633. The van der Waals surface area contributed by atoms with Gasteiger partial charge in [0.1, 0.15) is 0 Å². The fourth-order valence-electron chi connectivity index (χ4n) is 6.48. The average Bonchev–Trinajstić information content (AvgIpc) is 2.82. The van der Waals surface area contributed by atoms with Crippen LogP contribution in [0.5, 0.6) is 0 Å². The number of fused-ring (bicyclic) bond motifs is 5. The number of carbonyl (C=O) groups is 2. The van der Waals surface area contributed by atoms with E-state index in [1.54, 1.807) is 0 Å². The molecule has 4 aliphatic carbocycles. The quantitative estimate of drug-likeness (QED) is 0.630. The fourth-order valence-corrected chi connectivity index (χ4v) is 6.48. The maximum Gasteiger partial charge on any atom is 0.198 e. The Bertz CT molecular complexity index is 454. The first-order chi connectivity index (χ1) is 9.58. The van der Waals surface area contributed by atoms with Crippen molar-refractivity contribution < 1.29 is 9.59 Å². The van der Waals surface area contributed by atoms with Crippen molar-refractivity contribution in [2.75, 3.05) is 0 Å². The first-order valence-electron chi connectivity index (χ1n) is 8.64. The zero-order valence-electron chi connectivity index (χ0n) is 12.6. The van der Waals surface area contributed by atoms with Gasteiger partial charge >= 0.3 is 0 Å². The molecule has 4 aliphatic rings. The molecule has 2 nitrogen and oxygen atoms in total. The molecule has 2 heteroatoms. The maximum absolute atomic E-state index is 11.9. The summed E-state index contributed by atoms with van der Waals surface area (Å²) >= 11 is 0. The zero-order chi connectivity index (χ0) is 13.9. The van der Waals surface area contributed by atoms with Crippen LogP contribution in [0.1, 0.15) is 64.7 Å². The number of rotatable bonds is 0. The Balaban J connectivity index is 1.60. The topological polar surface area (TPSA) is 34.1 Å². The largest absolute Gasteiger partial charge is 0.291 e. The lowest BCUT2D eigenvalue weighted by molar-refractivity contribution is -0.144. The van der Waals surface area contributed by atoms with Gasteiger partial charge in [-0.2, -0.15) is 0 Å². The molecule has 1 unspecified atom stereocenters. The van der Waals surface area contributed by atoms with Gasteiger partial charge in [-0.25, -0.2) is 0 Å². The maximum atomic E-state index is 11.9. The lowest BCUT2D eigenvalue weighted by Gasteiger charge is -2.54. The van der Waals surface area contributed by atoms with E-state index in [0.717, 1.165) is 17.8 Å². The van der Waals surface area contributed by atoms with Crippen LogP contribution in [0.15, 0.2) is 0 Å². The van der Waals surface area contributed by atoms with Crippen molar-refractivity contribution in [3.63, 3.8) is 0 Å². The lowest BCUT2D eigenvalue weighted by Crippen LogP contribution is -2.48. The van der Waals surface area contributed by atoms with E-state index in [4.69, 9.17) is 0 Å². The van der Waals surface area contributed by atoms with Crippen LogP contribution in [0.3, 0.4) is 0 Å². The van der Waals surface area contributed by atoms with Crippen LogP contribution in [-0.4, -0.2) is 11.6 Å². The number of hydrogen-bond acceptors (Lipinski definition) is 2. The summed E-state index contributed by atoms with van der Waals surface area (Å²) in [6.07, 6.45) is 10.6. The normalized spacial score (nSPS) is 51.4. The van der Waals surface area contributed by atoms with Gasteiger partial charge in [0.25, 0.3) is 0 Å². The summed E-state index contributed by atoms with van der Waals surface area (Å²) in [7, 11) is 0. The molecular weight excluding hydrogens is 248 g/mol. The van der Waals surface area contributed by atoms with E-state index in [1.165, 1.54) is 44.9 Å². The highest BCUT2D eigenvalue weighted by Crippen LogP contribution is 2.61. The number of carbonyl (C=O) groups excluding carboxylic acids is 2. The summed E-state index contributed by atoms with van der Waals surface area (Å²) in [4.78, 5) is 23.6. The molecule has 0 amide bonds. The molecule has 6 atom stereocenters. The molecule has 0 saturated heterocycles. The molecule has 0 aromatic carbocycles. The predicted octanol–water partition coefficient (Wildman–Crippen LogP) is 3.78. The second-order valence-corrected chi connectivity index (χ2v) is 8.28. The molecule has 0 aliphatic heterocycles. The van der Waals surface area contributed by atoms with Crippen LogP contribution in [-0.2, 0) is 9.59 Å². The van der Waals surface area contributed by atoms with Gasteiger partial charge in [-0.05, 0) is 73.5 Å². The highest BCUT2D eigenvalue weighted by atomic mass is 16.2. The summed E-state index contributed by atoms with van der Waals surface area (Å²) in [5, 5.41) is 0. The lowest BCUT2D eigenvalue weighted by atomic mass is 9.50. The Morgan fingerprint density at radius 1 is 0.850 bits per heavy atom. The van der Waals surface area contributed by atoms with E-state index in [-0.39, 0.29) is 11.6 Å². The van der Waals surface area contributed by atoms with Gasteiger partial charge in [-0.1, -0.05) is 13.3 Å². The average molecular weight is 274 g/mol. The monoisotopic (exact) mass is 274 g/mol. The van der Waals surface area contributed by atoms with Crippen LogP contribution in [0.2, 0.25) is 0 Å². The predicted molar refractivity (Wildman–Crippen MR) is 77.1 cm³/mol. The van der Waals surface area contributed by atoms with Crippen molar-refractivity contribution in [3.05, 3.63) is 0 Å². The van der Waals surface area contributed by atoms with Crippen molar-refractivity contribution >= 4 is 11.6 Å². The molecule has 0 aromatic rings. The molecule has 110 valence electrons. The van der Waals surface area contributed by atoms with Gasteiger partial charge in [-0.3, -0.25) is 9.59 Å². The number of Topliss-reactive ketones (excluding diaryl/α,β-unsaturated/α-hetero) is 2. The second-order valence-electron chi connectivity index (χ2n) is 8.28. The molecule has 0 radical (unpaired) electrons. The molecule has 4 fully saturated rings. The van der Waals surface area contributed by atoms with E-state index in [2.05, 4.69) is 6.92 Å². The van der Waals surface area contributed by atoms with Crippen molar-refractivity contribution in [1.29, 1.82) is 0 Å². The van der Waals surface area contributed by atoms with Crippen molar-refractivity contribution in [2.45, 2.75) is 64.7 Å². The molecule has 0 heterocycles. The Morgan fingerprint density at radius 3 is 2.50 bits per heavy atom. The van der Waals surface area contributed by atoms with Crippen molar-refractivity contribution in [1.82, 2.24) is 0 Å². The summed E-state index contributed by atoms with van der Waals surface area (Å²) in [6.45, 7) is 2.52. The van der Waals surface area contributed by atoms with E-state index in [0.29, 0.717) is 30.1 Å². The van der Waals surface area contributed by atoms with E-state index < -0.39 is 0 Å². The highest BCUT2D eigenvalue weighted by molar-refractivity contribution is 6.37. The minimum atomic E-state index is -0.0776. The number of hydrogen-bond donors (Lipinski definition) is 0. The minimum Gasteiger partial charge on any atom is -0.291 e. The molecule has 0 N–H and O–H groups in total. The third-order valence-electron chi connectivity index (χ3n) is 7.48. The standard InChI is InChI=1S/C18H26O2/c1-18-7-2-3-15(18)13-5-4-11-9-16(19)17(20)10-14(11)12(13)6-8-18/h11-15H,2-10H2,1H3/t11?,12-,13+,14-,15-,18-/m0/s1. The molecule has 20 heavy (non-hydrogen) atoms. The van der Waals surface area contributed by atoms with Gasteiger partial charge < -0.3 is 0 Å². The molecule has 0 aromatic heterocycles. The van der Waals surface area contributed by atoms with Gasteiger partial charge in [-0.15, -0.1) is 0 Å². The van der Waals surface area contributed by atoms with Crippen LogP contribution in [0.25, 0.3) is 0 Å². The Hall–Kier alpha value is -0.660. The second kappa shape index (κ2) is 4.42. The van der Waals surface area contributed by atoms with Crippen LogP contribution >= 0.6 is 0 Å². The third-order valence-corrected chi connectivity index (χ3v) is 7.48. The highest BCUT2D eigenvalue weighted by Gasteiger charge is 2.54. The van der Waals surface area contributed by atoms with Gasteiger partial charge in [0.15, 0.2) is 11.6 Å². The van der Waals surface area contributed by atoms with E-state index >= 15 is 0 Å². The summed E-state index contributed by atoms with van der Waals surface area (Å²) < 4.78 is 0. The van der Waals surface area contributed by atoms with Gasteiger partial charge in [0.2, 0.25) is 0 Å². The van der Waals surface area contributed by atoms with Crippen LogP contribution in [0, 0.1) is 35.0 Å². The molecule has 4 rings (SSSR count). The third kappa shape index (κ3) is 1.76. The summed E-state index contributed by atoms with van der Waals surface area (Å²) in [5.41, 5.74) is 0.600. The van der Waals surface area contributed by atoms with Crippen LogP contribution < -0.4 is 0 Å². The van der Waals surface area contributed by atoms with E-state index in [9.17, 15) is 9.59 Å². The number of ketones is 2. The smallest absolute Gasteiger partial charge is 0.198 e. The zero-order valence-corrected chi connectivity index (χ0v) is 12.6. The van der Waals surface area contributed by atoms with Crippen molar-refractivity contribution in [3.8, 4) is 0 Å².